The molecule has 1 aromatic heterocycles. The van der Waals surface area contributed by atoms with E-state index in [2.05, 4.69) is 22.6 Å². The SMILES string of the molecule is N#Cc1ccc2[nH]cc(C[C@H]3CCCN3)c2c1. The first kappa shape index (κ1) is 10.4. The summed E-state index contributed by atoms with van der Waals surface area (Å²) in [6, 6.07) is 8.62. The first-order valence-corrected chi connectivity index (χ1v) is 6.10. The van der Waals surface area contributed by atoms with E-state index in [-0.39, 0.29) is 0 Å². The number of aromatic nitrogens is 1. The zero-order valence-electron chi connectivity index (χ0n) is 9.66. The predicted molar refractivity (Wildman–Crippen MR) is 67.7 cm³/mol. The van der Waals surface area contributed by atoms with Crippen LogP contribution in [0.3, 0.4) is 0 Å². The monoisotopic (exact) mass is 225 g/mol. The van der Waals surface area contributed by atoms with Gasteiger partial charge in [0, 0.05) is 23.1 Å². The minimum absolute atomic E-state index is 0.597. The summed E-state index contributed by atoms with van der Waals surface area (Å²) in [5.41, 5.74) is 3.17. The molecule has 0 spiro atoms. The van der Waals surface area contributed by atoms with Crippen LogP contribution >= 0.6 is 0 Å². The Morgan fingerprint density at radius 3 is 3.12 bits per heavy atom. The van der Waals surface area contributed by atoms with E-state index in [4.69, 9.17) is 5.26 Å². The van der Waals surface area contributed by atoms with Crippen molar-refractivity contribution in [3.63, 3.8) is 0 Å². The average Bonchev–Trinajstić information content (AvgIpc) is 2.99. The molecule has 0 saturated carbocycles. The maximum atomic E-state index is 8.94. The number of H-pyrrole nitrogens is 1. The number of rotatable bonds is 2. The van der Waals surface area contributed by atoms with Crippen LogP contribution in [0.1, 0.15) is 24.0 Å². The van der Waals surface area contributed by atoms with E-state index < -0.39 is 0 Å². The highest BCUT2D eigenvalue weighted by atomic mass is 14.9. The van der Waals surface area contributed by atoms with Crippen molar-refractivity contribution in [3.8, 4) is 6.07 Å². The van der Waals surface area contributed by atoms with Gasteiger partial charge in [-0.3, -0.25) is 0 Å². The van der Waals surface area contributed by atoms with E-state index in [9.17, 15) is 0 Å². The van der Waals surface area contributed by atoms with Crippen molar-refractivity contribution in [2.75, 3.05) is 6.54 Å². The summed E-state index contributed by atoms with van der Waals surface area (Å²) in [4.78, 5) is 3.28. The Bertz CT molecular complexity index is 571. The minimum atomic E-state index is 0.597. The van der Waals surface area contributed by atoms with Gasteiger partial charge in [0.05, 0.1) is 11.6 Å². The van der Waals surface area contributed by atoms with E-state index in [0.717, 1.165) is 24.0 Å². The Morgan fingerprint density at radius 1 is 1.41 bits per heavy atom. The van der Waals surface area contributed by atoms with Gasteiger partial charge in [0.15, 0.2) is 0 Å². The van der Waals surface area contributed by atoms with E-state index in [1.54, 1.807) is 0 Å². The van der Waals surface area contributed by atoms with Gasteiger partial charge in [-0.25, -0.2) is 0 Å². The maximum absolute atomic E-state index is 8.94. The third-order valence-electron chi connectivity index (χ3n) is 3.53. The second-order valence-electron chi connectivity index (χ2n) is 4.68. The number of fused-ring (bicyclic) bond motifs is 1. The second kappa shape index (κ2) is 4.23. The summed E-state index contributed by atoms with van der Waals surface area (Å²) in [7, 11) is 0. The number of benzene rings is 1. The molecule has 2 aromatic rings. The van der Waals surface area contributed by atoms with Gasteiger partial charge in [0.2, 0.25) is 0 Å². The molecule has 1 fully saturated rings. The predicted octanol–water partition coefficient (Wildman–Crippen LogP) is 2.33. The summed E-state index contributed by atoms with van der Waals surface area (Å²) in [5, 5.41) is 13.6. The third-order valence-corrected chi connectivity index (χ3v) is 3.53. The fraction of sp³-hybridized carbons (Fsp3) is 0.357. The lowest BCUT2D eigenvalue weighted by molar-refractivity contribution is 0.605. The topological polar surface area (TPSA) is 51.6 Å². The number of hydrogen-bond acceptors (Lipinski definition) is 2. The van der Waals surface area contributed by atoms with Crippen molar-refractivity contribution < 1.29 is 0 Å². The van der Waals surface area contributed by atoms with Crippen LogP contribution in [-0.4, -0.2) is 17.6 Å². The Morgan fingerprint density at radius 2 is 2.35 bits per heavy atom. The van der Waals surface area contributed by atoms with Crippen LogP contribution in [0.15, 0.2) is 24.4 Å². The van der Waals surface area contributed by atoms with Crippen LogP contribution in [0, 0.1) is 11.3 Å². The first-order valence-electron chi connectivity index (χ1n) is 6.10. The molecule has 86 valence electrons. The largest absolute Gasteiger partial charge is 0.361 e. The van der Waals surface area contributed by atoms with Gasteiger partial charge in [-0.05, 0) is 49.6 Å². The van der Waals surface area contributed by atoms with Crippen molar-refractivity contribution in [1.82, 2.24) is 10.3 Å². The Balaban J connectivity index is 1.95. The highest BCUT2D eigenvalue weighted by Gasteiger charge is 2.16. The summed E-state index contributed by atoms with van der Waals surface area (Å²) in [6.07, 6.45) is 5.65. The van der Waals surface area contributed by atoms with Crippen LogP contribution in [0.4, 0.5) is 0 Å². The molecule has 0 unspecified atom stereocenters. The molecule has 2 heterocycles. The summed E-state index contributed by atoms with van der Waals surface area (Å²) >= 11 is 0. The molecule has 0 radical (unpaired) electrons. The standard InChI is InChI=1S/C14H15N3/c15-8-10-3-4-14-13(6-10)11(9-17-14)7-12-2-1-5-16-12/h3-4,6,9,12,16-17H,1-2,5,7H2/t12-/m1/s1. The highest BCUT2D eigenvalue weighted by Crippen LogP contribution is 2.22. The Labute approximate surface area is 100 Å². The van der Waals surface area contributed by atoms with Crippen molar-refractivity contribution in [1.29, 1.82) is 5.26 Å². The van der Waals surface area contributed by atoms with E-state index in [1.165, 1.54) is 23.8 Å². The molecule has 1 aliphatic rings. The lowest BCUT2D eigenvalue weighted by Crippen LogP contribution is -2.23. The molecule has 17 heavy (non-hydrogen) atoms. The van der Waals surface area contributed by atoms with Gasteiger partial charge in [0.1, 0.15) is 0 Å². The van der Waals surface area contributed by atoms with E-state index in [1.807, 2.05) is 18.2 Å². The smallest absolute Gasteiger partial charge is 0.0991 e. The molecule has 1 aliphatic heterocycles. The lowest BCUT2D eigenvalue weighted by Gasteiger charge is -2.08. The number of nitrogens with zero attached hydrogens (tertiary/aromatic N) is 1. The zero-order chi connectivity index (χ0) is 11.7. The molecule has 1 saturated heterocycles. The lowest BCUT2D eigenvalue weighted by atomic mass is 10.0. The molecular weight excluding hydrogens is 210 g/mol. The molecule has 0 aliphatic carbocycles. The molecule has 3 rings (SSSR count). The summed E-state index contributed by atoms with van der Waals surface area (Å²) in [6.45, 7) is 1.14. The van der Waals surface area contributed by atoms with E-state index in [0.29, 0.717) is 6.04 Å². The van der Waals surface area contributed by atoms with Gasteiger partial charge in [-0.1, -0.05) is 0 Å². The van der Waals surface area contributed by atoms with Crippen LogP contribution in [0.2, 0.25) is 0 Å². The van der Waals surface area contributed by atoms with Crippen LogP contribution < -0.4 is 5.32 Å². The van der Waals surface area contributed by atoms with Gasteiger partial charge in [-0.15, -0.1) is 0 Å². The maximum Gasteiger partial charge on any atom is 0.0991 e. The number of nitrogens with one attached hydrogen (secondary N) is 2. The Kier molecular flexibility index (Phi) is 2.58. The fourth-order valence-electron chi connectivity index (χ4n) is 2.61. The first-order chi connectivity index (χ1) is 8.36. The van der Waals surface area contributed by atoms with Crippen molar-refractivity contribution in [2.24, 2.45) is 0 Å². The van der Waals surface area contributed by atoms with Gasteiger partial charge >= 0.3 is 0 Å². The molecule has 3 heteroatoms. The molecular formula is C14H15N3. The quantitative estimate of drug-likeness (QED) is 0.824. The molecule has 1 atom stereocenters. The van der Waals surface area contributed by atoms with E-state index >= 15 is 0 Å². The second-order valence-corrected chi connectivity index (χ2v) is 4.68. The third kappa shape index (κ3) is 1.92. The van der Waals surface area contributed by atoms with Crippen molar-refractivity contribution in [3.05, 3.63) is 35.5 Å². The van der Waals surface area contributed by atoms with Crippen LogP contribution in [-0.2, 0) is 6.42 Å². The summed E-state index contributed by atoms with van der Waals surface area (Å²) in [5.74, 6) is 0. The van der Waals surface area contributed by atoms with Gasteiger partial charge < -0.3 is 10.3 Å². The zero-order valence-corrected chi connectivity index (χ0v) is 9.66. The Hall–Kier alpha value is -1.79. The minimum Gasteiger partial charge on any atom is -0.361 e. The summed E-state index contributed by atoms with van der Waals surface area (Å²) < 4.78 is 0. The molecule has 2 N–H and O–H groups in total. The van der Waals surface area contributed by atoms with Crippen LogP contribution in [0.25, 0.3) is 10.9 Å². The average molecular weight is 225 g/mol. The van der Waals surface area contributed by atoms with Gasteiger partial charge in [0.25, 0.3) is 0 Å². The van der Waals surface area contributed by atoms with Crippen molar-refractivity contribution in [2.45, 2.75) is 25.3 Å². The van der Waals surface area contributed by atoms with Gasteiger partial charge in [-0.2, -0.15) is 5.26 Å². The number of nitriles is 1. The molecule has 3 nitrogen and oxygen atoms in total. The molecule has 0 bridgehead atoms. The fourth-order valence-corrected chi connectivity index (χ4v) is 2.61. The van der Waals surface area contributed by atoms with Crippen molar-refractivity contribution >= 4 is 10.9 Å². The molecule has 1 aromatic carbocycles. The highest BCUT2D eigenvalue weighted by molar-refractivity contribution is 5.84. The normalized spacial score (nSPS) is 19.6. The van der Waals surface area contributed by atoms with Crippen LogP contribution in [0.5, 0.6) is 0 Å². The number of hydrogen-bond donors (Lipinski definition) is 2. The number of aromatic amines is 1. The molecule has 0 amide bonds.